The third kappa shape index (κ3) is 4.03. The number of hydrogen-bond acceptors (Lipinski definition) is 7. The van der Waals surface area contributed by atoms with E-state index in [0.29, 0.717) is 35.1 Å². The number of carbonyl (C=O) groups excluding carboxylic acids is 1. The van der Waals surface area contributed by atoms with Crippen LogP contribution in [0.5, 0.6) is 5.75 Å². The van der Waals surface area contributed by atoms with Gasteiger partial charge in [-0.1, -0.05) is 6.07 Å². The summed E-state index contributed by atoms with van der Waals surface area (Å²) in [5.41, 5.74) is 0.968. The van der Waals surface area contributed by atoms with Crippen LogP contribution in [0.25, 0.3) is 0 Å². The molecule has 1 aliphatic carbocycles. The van der Waals surface area contributed by atoms with Gasteiger partial charge in [0.15, 0.2) is 0 Å². The molecule has 2 aromatic rings. The Kier molecular flexibility index (Phi) is 5.36. The Morgan fingerprint density at radius 1 is 1.24 bits per heavy atom. The first-order chi connectivity index (χ1) is 14.1. The van der Waals surface area contributed by atoms with Crippen molar-refractivity contribution in [3.05, 3.63) is 53.7 Å². The molecule has 4 rings (SSSR count). The fourth-order valence-corrected chi connectivity index (χ4v) is 4.33. The van der Waals surface area contributed by atoms with Gasteiger partial charge in [0.25, 0.3) is 0 Å². The summed E-state index contributed by atoms with van der Waals surface area (Å²) in [7, 11) is 1.34. The van der Waals surface area contributed by atoms with Crippen molar-refractivity contribution in [3.63, 3.8) is 0 Å². The number of rotatable bonds is 4. The number of aliphatic hydroxyl groups is 1. The highest BCUT2D eigenvalue weighted by Gasteiger charge is 2.43. The summed E-state index contributed by atoms with van der Waals surface area (Å²) in [6.45, 7) is 1.68. The van der Waals surface area contributed by atoms with Crippen molar-refractivity contribution in [1.82, 2.24) is 4.98 Å². The van der Waals surface area contributed by atoms with Gasteiger partial charge in [-0.15, -0.1) is 0 Å². The predicted molar refractivity (Wildman–Crippen MR) is 106 cm³/mol. The molecular weight excluding hydrogens is 370 g/mol. The number of pyridine rings is 1. The average molecular weight is 393 g/mol. The fourth-order valence-electron chi connectivity index (χ4n) is 4.33. The van der Waals surface area contributed by atoms with Gasteiger partial charge in [0, 0.05) is 19.3 Å². The van der Waals surface area contributed by atoms with E-state index in [0.717, 1.165) is 25.3 Å². The number of ether oxygens (including phenoxy) is 2. The molecule has 7 heteroatoms. The maximum absolute atomic E-state index is 11.7. The normalized spacial score (nSPS) is 25.8. The number of carbonyl (C=O) groups is 1. The Labute approximate surface area is 169 Å². The van der Waals surface area contributed by atoms with Gasteiger partial charge in [0.1, 0.15) is 23.7 Å². The molecule has 0 amide bonds. The minimum Gasteiger partial charge on any atom is -0.488 e. The van der Waals surface area contributed by atoms with Gasteiger partial charge in [-0.25, -0.2) is 9.78 Å². The van der Waals surface area contributed by atoms with Crippen molar-refractivity contribution in [2.75, 3.05) is 25.1 Å². The van der Waals surface area contributed by atoms with E-state index in [1.165, 1.54) is 7.11 Å². The van der Waals surface area contributed by atoms with Gasteiger partial charge in [-0.2, -0.15) is 5.26 Å². The van der Waals surface area contributed by atoms with Gasteiger partial charge in [0.2, 0.25) is 0 Å². The van der Waals surface area contributed by atoms with E-state index in [2.05, 4.69) is 16.0 Å². The lowest BCUT2D eigenvalue weighted by Crippen LogP contribution is -2.42. The molecule has 7 nitrogen and oxygen atoms in total. The van der Waals surface area contributed by atoms with Gasteiger partial charge in [-0.3, -0.25) is 0 Å². The van der Waals surface area contributed by atoms with Crippen LogP contribution in [0.15, 0.2) is 42.6 Å². The van der Waals surface area contributed by atoms with E-state index in [4.69, 9.17) is 14.7 Å². The summed E-state index contributed by atoms with van der Waals surface area (Å²) < 4.78 is 10.8. The molecule has 0 radical (unpaired) electrons. The highest BCUT2D eigenvalue weighted by Crippen LogP contribution is 2.39. The first-order valence-corrected chi connectivity index (χ1v) is 9.71. The zero-order chi connectivity index (χ0) is 20.4. The largest absolute Gasteiger partial charge is 0.488 e. The van der Waals surface area contributed by atoms with Crippen molar-refractivity contribution in [2.24, 2.45) is 11.8 Å². The second-order valence-electron chi connectivity index (χ2n) is 7.66. The standard InChI is InChI=1S/C22H23N3O4/c1-28-22(27)15-3-2-4-18(7-15)29-20-9-17-13-25(12-16(17)8-19(20)26)21-6-5-14(10-23)11-24-21/h2-7,11,16-17,19-20,26H,8-9,12-13H2,1H3/t16-,17+,19+,20+/m0/s1. The quantitative estimate of drug-likeness (QED) is 0.797. The van der Waals surface area contributed by atoms with E-state index >= 15 is 0 Å². The van der Waals surface area contributed by atoms with E-state index < -0.39 is 12.1 Å². The Morgan fingerprint density at radius 2 is 2.03 bits per heavy atom. The second kappa shape index (κ2) is 8.10. The number of methoxy groups -OCH3 is 1. The van der Waals surface area contributed by atoms with Crippen LogP contribution < -0.4 is 9.64 Å². The third-order valence-corrected chi connectivity index (χ3v) is 5.83. The number of benzene rings is 1. The summed E-state index contributed by atoms with van der Waals surface area (Å²) in [6.07, 6.45) is 2.11. The SMILES string of the molecule is COC(=O)c1cccc(O[C@@H]2C[C@@H]3CN(c4ccc(C#N)cn4)C[C@@H]3C[C@H]2O)c1. The van der Waals surface area contributed by atoms with E-state index in [-0.39, 0.29) is 6.10 Å². The second-order valence-corrected chi connectivity index (χ2v) is 7.66. The lowest BCUT2D eigenvalue weighted by Gasteiger charge is -2.35. The molecule has 150 valence electrons. The topological polar surface area (TPSA) is 95.7 Å². The Bertz CT molecular complexity index is 924. The van der Waals surface area contributed by atoms with E-state index in [9.17, 15) is 9.90 Å². The Balaban J connectivity index is 1.43. The maximum Gasteiger partial charge on any atom is 0.337 e. The highest BCUT2D eigenvalue weighted by atomic mass is 16.5. The van der Waals surface area contributed by atoms with E-state index in [1.807, 2.05) is 6.07 Å². The van der Waals surface area contributed by atoms with Crippen LogP contribution in [0.4, 0.5) is 5.82 Å². The number of anilines is 1. The van der Waals surface area contributed by atoms with Crippen LogP contribution in [0, 0.1) is 23.2 Å². The van der Waals surface area contributed by atoms with Gasteiger partial charge < -0.3 is 19.5 Å². The molecule has 0 spiro atoms. The van der Waals surface area contributed by atoms with Crippen LogP contribution >= 0.6 is 0 Å². The summed E-state index contributed by atoms with van der Waals surface area (Å²) >= 11 is 0. The number of esters is 1. The summed E-state index contributed by atoms with van der Waals surface area (Å²) in [5, 5.41) is 19.6. The minimum atomic E-state index is -0.563. The van der Waals surface area contributed by atoms with Crippen LogP contribution in [0.2, 0.25) is 0 Å². The molecule has 1 aromatic carbocycles. The zero-order valence-corrected chi connectivity index (χ0v) is 16.2. The molecule has 29 heavy (non-hydrogen) atoms. The summed E-state index contributed by atoms with van der Waals surface area (Å²) in [6, 6.07) is 12.6. The highest BCUT2D eigenvalue weighted by molar-refractivity contribution is 5.89. The molecule has 0 unspecified atom stereocenters. The van der Waals surface area contributed by atoms with E-state index in [1.54, 1.807) is 36.5 Å². The molecule has 1 N–H and O–H groups in total. The molecule has 1 saturated carbocycles. The summed E-state index contributed by atoms with van der Waals surface area (Å²) in [4.78, 5) is 18.3. The third-order valence-electron chi connectivity index (χ3n) is 5.83. The molecule has 1 saturated heterocycles. The number of nitrogens with zero attached hydrogens (tertiary/aromatic N) is 3. The molecule has 0 bridgehead atoms. The van der Waals surface area contributed by atoms with Crippen molar-refractivity contribution in [2.45, 2.75) is 25.0 Å². The number of fused-ring (bicyclic) bond motifs is 1. The van der Waals surface area contributed by atoms with Crippen molar-refractivity contribution in [3.8, 4) is 11.8 Å². The molecular formula is C22H23N3O4. The lowest BCUT2D eigenvalue weighted by atomic mass is 9.78. The summed E-state index contributed by atoms with van der Waals surface area (Å²) in [5.74, 6) is 1.77. The van der Waals surface area contributed by atoms with Crippen LogP contribution in [-0.4, -0.2) is 48.5 Å². The van der Waals surface area contributed by atoms with Crippen LogP contribution in [0.3, 0.4) is 0 Å². The molecule has 1 aliphatic heterocycles. The first kappa shape index (κ1) is 19.2. The maximum atomic E-state index is 11.7. The molecule has 4 atom stereocenters. The molecule has 2 fully saturated rings. The monoisotopic (exact) mass is 393 g/mol. The average Bonchev–Trinajstić information content (AvgIpc) is 3.16. The van der Waals surface area contributed by atoms with Crippen molar-refractivity contribution in [1.29, 1.82) is 5.26 Å². The number of aromatic nitrogens is 1. The Morgan fingerprint density at radius 3 is 2.72 bits per heavy atom. The van der Waals surface area contributed by atoms with Crippen LogP contribution in [-0.2, 0) is 4.74 Å². The number of nitriles is 1. The van der Waals surface area contributed by atoms with Gasteiger partial charge in [0.05, 0.1) is 24.3 Å². The lowest BCUT2D eigenvalue weighted by molar-refractivity contribution is -0.0231. The van der Waals surface area contributed by atoms with Crippen molar-refractivity contribution >= 4 is 11.8 Å². The van der Waals surface area contributed by atoms with Gasteiger partial charge in [-0.05, 0) is 55.0 Å². The Hall–Kier alpha value is -3.11. The first-order valence-electron chi connectivity index (χ1n) is 9.71. The van der Waals surface area contributed by atoms with Crippen LogP contribution in [0.1, 0.15) is 28.8 Å². The number of hydrogen-bond donors (Lipinski definition) is 1. The predicted octanol–water partition coefficient (Wildman–Crippen LogP) is 2.39. The minimum absolute atomic E-state index is 0.321. The number of aliphatic hydroxyl groups excluding tert-OH is 1. The molecule has 1 aromatic heterocycles. The van der Waals surface area contributed by atoms with Gasteiger partial charge >= 0.3 is 5.97 Å². The molecule has 2 heterocycles. The molecule has 2 aliphatic rings. The zero-order valence-electron chi connectivity index (χ0n) is 16.2. The smallest absolute Gasteiger partial charge is 0.337 e. The fraction of sp³-hybridized carbons (Fsp3) is 0.409. The van der Waals surface area contributed by atoms with Crippen molar-refractivity contribution < 1.29 is 19.4 Å².